The highest BCUT2D eigenvalue weighted by atomic mass is 33.1. The minimum atomic E-state index is -4.37. The zero-order chi connectivity index (χ0) is 10.5. The summed E-state index contributed by atoms with van der Waals surface area (Å²) >= 11 is 0. The van der Waals surface area contributed by atoms with Gasteiger partial charge in [0.25, 0.3) is 0 Å². The molecule has 0 rings (SSSR count). The topological polar surface area (TPSA) is 0 Å². The Balaban J connectivity index is 4.30. The van der Waals surface area contributed by atoms with Crippen LogP contribution in [0.25, 0.3) is 0 Å². The van der Waals surface area contributed by atoms with Crippen molar-refractivity contribution in [3.05, 3.63) is 0 Å². The molecule has 0 fully saturated rings. The Hall–Kier alpha value is 0.0500. The summed E-state index contributed by atoms with van der Waals surface area (Å²) in [7, 11) is 2.80. The molecule has 0 aromatic carbocycles. The molecule has 1 atom stereocenters. The Labute approximate surface area is 84.4 Å². The lowest BCUT2D eigenvalue weighted by Gasteiger charge is -2.11. The molecule has 0 bridgehead atoms. The van der Waals surface area contributed by atoms with Crippen LogP contribution < -0.4 is 0 Å². The summed E-state index contributed by atoms with van der Waals surface area (Å²) in [6.45, 7) is 3.72. The third-order valence-corrected chi connectivity index (χ3v) is 3.42. The van der Waals surface area contributed by atoms with E-state index in [1.807, 2.05) is 20.1 Å². The molecule has 0 nitrogen and oxygen atoms in total. The second-order valence-corrected chi connectivity index (χ2v) is 5.31. The smallest absolute Gasteiger partial charge is 0.159 e. The van der Waals surface area contributed by atoms with E-state index in [0.29, 0.717) is 0 Å². The minimum Gasteiger partial charge on any atom is -0.159 e. The van der Waals surface area contributed by atoms with Crippen molar-refractivity contribution in [3.8, 4) is 11.8 Å². The predicted molar refractivity (Wildman–Crippen MR) is 53.6 cm³/mol. The van der Waals surface area contributed by atoms with Crippen LogP contribution >= 0.6 is 21.6 Å². The van der Waals surface area contributed by atoms with E-state index in [1.165, 1.54) is 27.5 Å². The van der Waals surface area contributed by atoms with Gasteiger partial charge >= 0.3 is 6.18 Å². The normalized spacial score (nSPS) is 13.8. The molecule has 0 aromatic rings. The van der Waals surface area contributed by atoms with E-state index in [9.17, 15) is 13.2 Å². The summed E-state index contributed by atoms with van der Waals surface area (Å²) in [4.78, 5) is 0. The molecule has 0 radical (unpaired) electrons. The second kappa shape index (κ2) is 5.71. The van der Waals surface area contributed by atoms with Crippen LogP contribution in [0.4, 0.5) is 13.2 Å². The van der Waals surface area contributed by atoms with E-state index in [4.69, 9.17) is 0 Å². The van der Waals surface area contributed by atoms with Crippen molar-refractivity contribution in [1.82, 2.24) is 0 Å². The lowest BCUT2D eigenvalue weighted by molar-refractivity contribution is -0.0697. The summed E-state index contributed by atoms with van der Waals surface area (Å²) in [5.74, 6) is 3.66. The van der Waals surface area contributed by atoms with Crippen LogP contribution in [0.2, 0.25) is 0 Å². The van der Waals surface area contributed by atoms with Crippen LogP contribution in [0, 0.1) is 17.8 Å². The molecule has 0 N–H and O–H groups in total. The van der Waals surface area contributed by atoms with E-state index < -0.39 is 6.18 Å². The third-order valence-electron chi connectivity index (χ3n) is 1.16. The molecular formula is C8H11F3S2. The van der Waals surface area contributed by atoms with Crippen LogP contribution in [-0.4, -0.2) is 17.7 Å². The Morgan fingerprint density at radius 1 is 1.23 bits per heavy atom. The van der Waals surface area contributed by atoms with Gasteiger partial charge in [0.2, 0.25) is 0 Å². The van der Waals surface area contributed by atoms with Crippen molar-refractivity contribution in [3.63, 3.8) is 0 Å². The van der Waals surface area contributed by atoms with Gasteiger partial charge in [-0.3, -0.25) is 0 Å². The monoisotopic (exact) mass is 228 g/mol. The van der Waals surface area contributed by atoms with Crippen molar-refractivity contribution in [2.24, 2.45) is 5.92 Å². The average Bonchev–Trinajstić information content (AvgIpc) is 1.95. The first-order valence-electron chi connectivity index (χ1n) is 3.65. The molecule has 0 aliphatic heterocycles. The lowest BCUT2D eigenvalue weighted by Crippen LogP contribution is -2.10. The third kappa shape index (κ3) is 7.15. The van der Waals surface area contributed by atoms with Gasteiger partial charge in [0.1, 0.15) is 0 Å². The largest absolute Gasteiger partial charge is 0.457 e. The Morgan fingerprint density at radius 2 is 1.77 bits per heavy atom. The van der Waals surface area contributed by atoms with Gasteiger partial charge in [-0.15, -0.1) is 0 Å². The van der Waals surface area contributed by atoms with Gasteiger partial charge in [0.15, 0.2) is 0 Å². The Kier molecular flexibility index (Phi) is 5.73. The maximum absolute atomic E-state index is 11.7. The summed E-state index contributed by atoms with van der Waals surface area (Å²) in [6.07, 6.45) is -2.54. The molecule has 0 aliphatic rings. The molecule has 0 saturated heterocycles. The van der Waals surface area contributed by atoms with E-state index in [1.54, 1.807) is 0 Å². The van der Waals surface area contributed by atoms with Gasteiger partial charge < -0.3 is 0 Å². The highest BCUT2D eigenvalue weighted by Gasteiger charge is 2.24. The van der Waals surface area contributed by atoms with Gasteiger partial charge in [-0.2, -0.15) is 13.2 Å². The molecule has 0 heterocycles. The number of hydrogen-bond donors (Lipinski definition) is 0. The molecule has 0 saturated carbocycles. The number of alkyl halides is 3. The summed E-state index contributed by atoms with van der Waals surface area (Å²) in [5.41, 5.74) is 0. The SMILES string of the molecule is CSSC(C#CC(F)(F)F)C(C)C. The standard InChI is InChI=1S/C8H11F3S2/c1-6(2)7(13-12-3)4-5-8(9,10)11/h6-7H,1-3H3. The number of halogens is 3. The van der Waals surface area contributed by atoms with E-state index >= 15 is 0 Å². The van der Waals surface area contributed by atoms with Crippen LogP contribution in [0.1, 0.15) is 13.8 Å². The zero-order valence-corrected chi connectivity index (χ0v) is 9.24. The van der Waals surface area contributed by atoms with Crippen molar-refractivity contribution < 1.29 is 13.2 Å². The van der Waals surface area contributed by atoms with Crippen molar-refractivity contribution in [2.45, 2.75) is 25.3 Å². The lowest BCUT2D eigenvalue weighted by atomic mass is 10.1. The highest BCUT2D eigenvalue weighted by molar-refractivity contribution is 8.76. The highest BCUT2D eigenvalue weighted by Crippen LogP contribution is 2.28. The Bertz CT molecular complexity index is 200. The first kappa shape index (κ1) is 13.1. The fourth-order valence-electron chi connectivity index (χ4n) is 0.558. The van der Waals surface area contributed by atoms with Crippen molar-refractivity contribution in [2.75, 3.05) is 6.26 Å². The van der Waals surface area contributed by atoms with E-state index in [2.05, 4.69) is 5.92 Å². The summed E-state index contributed by atoms with van der Waals surface area (Å²) < 4.78 is 35.2. The number of rotatable bonds is 3. The predicted octanol–water partition coefficient (Wildman–Crippen LogP) is 3.59. The maximum Gasteiger partial charge on any atom is 0.457 e. The first-order valence-corrected chi connectivity index (χ1v) is 6.28. The molecule has 0 spiro atoms. The molecule has 5 heteroatoms. The van der Waals surface area contributed by atoms with Crippen LogP contribution in [-0.2, 0) is 0 Å². The summed E-state index contributed by atoms with van der Waals surface area (Å²) in [6, 6.07) is 0. The first-order chi connectivity index (χ1) is 5.87. The molecule has 0 aliphatic carbocycles. The van der Waals surface area contributed by atoms with Gasteiger partial charge in [-0.25, -0.2) is 0 Å². The van der Waals surface area contributed by atoms with Crippen LogP contribution in [0.5, 0.6) is 0 Å². The molecular weight excluding hydrogens is 217 g/mol. The van der Waals surface area contributed by atoms with E-state index in [-0.39, 0.29) is 11.2 Å². The van der Waals surface area contributed by atoms with Gasteiger partial charge in [0, 0.05) is 5.92 Å². The fraction of sp³-hybridized carbons (Fsp3) is 0.750. The van der Waals surface area contributed by atoms with Crippen molar-refractivity contribution in [1.29, 1.82) is 0 Å². The van der Waals surface area contributed by atoms with Gasteiger partial charge in [0.05, 0.1) is 5.25 Å². The van der Waals surface area contributed by atoms with Crippen molar-refractivity contribution >= 4 is 21.6 Å². The average molecular weight is 228 g/mol. The minimum absolute atomic E-state index is 0.132. The molecule has 76 valence electrons. The fourth-order valence-corrected chi connectivity index (χ4v) is 2.53. The quantitative estimate of drug-likeness (QED) is 0.535. The molecule has 0 amide bonds. The Morgan fingerprint density at radius 3 is 2.08 bits per heavy atom. The van der Waals surface area contributed by atoms with Gasteiger partial charge in [-0.1, -0.05) is 41.4 Å². The molecule has 1 unspecified atom stereocenters. The molecule has 13 heavy (non-hydrogen) atoms. The van der Waals surface area contributed by atoms with Crippen LogP contribution in [0.3, 0.4) is 0 Å². The maximum atomic E-state index is 11.7. The summed E-state index contributed by atoms with van der Waals surface area (Å²) in [5, 5.41) is -0.253. The second-order valence-electron chi connectivity index (χ2n) is 2.69. The zero-order valence-electron chi connectivity index (χ0n) is 7.61. The van der Waals surface area contributed by atoms with Gasteiger partial charge in [-0.05, 0) is 12.2 Å². The van der Waals surface area contributed by atoms with Crippen LogP contribution in [0.15, 0.2) is 0 Å². The van der Waals surface area contributed by atoms with E-state index in [0.717, 1.165) is 0 Å². The molecule has 0 aromatic heterocycles. The number of hydrogen-bond acceptors (Lipinski definition) is 2.